The second-order valence-corrected chi connectivity index (χ2v) is 4.88. The monoisotopic (exact) mass is 340 g/mol. The minimum atomic E-state index is -4.97. The quantitative estimate of drug-likeness (QED) is 0.508. The van der Waals surface area contributed by atoms with E-state index in [2.05, 4.69) is 4.74 Å². The van der Waals surface area contributed by atoms with Crippen molar-refractivity contribution in [1.29, 1.82) is 0 Å². The molecule has 0 unspecified atom stereocenters. The van der Waals surface area contributed by atoms with E-state index < -0.39 is 29.6 Å². The summed E-state index contributed by atoms with van der Waals surface area (Å²) in [4.78, 5) is 0. The maximum Gasteiger partial charge on any atom is 0.572 e. The van der Waals surface area contributed by atoms with Crippen molar-refractivity contribution in [3.05, 3.63) is 46.0 Å². The highest BCUT2D eigenvalue weighted by Gasteiger charge is 2.34. The van der Waals surface area contributed by atoms with Gasteiger partial charge in [-0.05, 0) is 49.0 Å². The predicted octanol–water partition coefficient (Wildman–Crippen LogP) is 6.71. The van der Waals surface area contributed by atoms with Gasteiger partial charge in [0.05, 0.1) is 0 Å². The molecule has 2 aliphatic carbocycles. The molecule has 2 aliphatic rings. The van der Waals surface area contributed by atoms with Crippen LogP contribution in [0.1, 0.15) is 46.5 Å². The van der Waals surface area contributed by atoms with Crippen molar-refractivity contribution in [2.24, 2.45) is 0 Å². The van der Waals surface area contributed by atoms with E-state index in [1.807, 2.05) is 13.8 Å². The summed E-state index contributed by atoms with van der Waals surface area (Å²) in [5.74, 6) is -4.08. The Morgan fingerprint density at radius 1 is 0.913 bits per heavy atom. The largest absolute Gasteiger partial charge is 0.572 e. The highest BCUT2D eigenvalue weighted by molar-refractivity contribution is 5.47. The summed E-state index contributed by atoms with van der Waals surface area (Å²) in [6, 6.07) is 0. The first kappa shape index (κ1) is 19.4. The highest BCUT2D eigenvalue weighted by atomic mass is 19.4. The molecule has 0 fully saturated rings. The molecule has 7 heteroatoms. The minimum absolute atomic E-state index is 0.0132. The fraction of sp³-hybridized carbons (Fsp3) is 0.500. The Balaban J connectivity index is 0.00000127. The molecule has 0 N–H and O–H groups in total. The second-order valence-electron chi connectivity index (χ2n) is 4.88. The molecule has 0 radical (unpaired) electrons. The molecular weight excluding hydrogens is 322 g/mol. The zero-order chi connectivity index (χ0) is 17.8. The van der Waals surface area contributed by atoms with Gasteiger partial charge in [0.25, 0.3) is 0 Å². The molecule has 130 valence electrons. The van der Waals surface area contributed by atoms with Crippen LogP contribution in [0.2, 0.25) is 0 Å². The summed E-state index contributed by atoms with van der Waals surface area (Å²) >= 11 is 0. The number of alkyl halides is 3. The lowest BCUT2D eigenvalue weighted by atomic mass is 9.88. The van der Waals surface area contributed by atoms with Crippen molar-refractivity contribution < 1.29 is 31.1 Å². The van der Waals surface area contributed by atoms with Gasteiger partial charge in [-0.3, -0.25) is 0 Å². The molecule has 0 atom stereocenters. The molecule has 0 bridgehead atoms. The SMILES string of the molecule is CC.CC1=C(F)C(F)=C(C2=CC(F)=C(OC(F)(F)F)CC2)CC1. The molecule has 0 aliphatic heterocycles. The molecule has 0 aromatic rings. The fourth-order valence-corrected chi connectivity index (χ4v) is 2.30. The molecule has 23 heavy (non-hydrogen) atoms. The number of allylic oxidation sites excluding steroid dienone is 8. The molecule has 0 heterocycles. The Kier molecular flexibility index (Phi) is 6.53. The third kappa shape index (κ3) is 4.91. The van der Waals surface area contributed by atoms with Crippen molar-refractivity contribution in [1.82, 2.24) is 0 Å². The van der Waals surface area contributed by atoms with Crippen LogP contribution in [0.25, 0.3) is 0 Å². The molecule has 0 saturated carbocycles. The van der Waals surface area contributed by atoms with Gasteiger partial charge in [-0.25, -0.2) is 13.2 Å². The first-order chi connectivity index (χ1) is 10.7. The zero-order valence-electron chi connectivity index (χ0n) is 13.1. The Morgan fingerprint density at radius 3 is 2.04 bits per heavy atom. The van der Waals surface area contributed by atoms with Crippen LogP contribution < -0.4 is 0 Å². The third-order valence-electron chi connectivity index (χ3n) is 3.40. The average Bonchev–Trinajstić information content (AvgIpc) is 2.48. The lowest BCUT2D eigenvalue weighted by Gasteiger charge is -2.22. The van der Waals surface area contributed by atoms with Gasteiger partial charge in [0.15, 0.2) is 17.5 Å². The molecule has 0 spiro atoms. The van der Waals surface area contributed by atoms with Crippen LogP contribution in [0, 0.1) is 0 Å². The van der Waals surface area contributed by atoms with Crippen molar-refractivity contribution in [3.8, 4) is 0 Å². The van der Waals surface area contributed by atoms with Gasteiger partial charge < -0.3 is 4.74 Å². The smallest absolute Gasteiger partial charge is 0.407 e. The number of hydrogen-bond donors (Lipinski definition) is 0. The Hall–Kier alpha value is -1.66. The summed E-state index contributed by atoms with van der Waals surface area (Å²) in [5.41, 5.74) is 0.450. The molecule has 0 amide bonds. The van der Waals surface area contributed by atoms with Gasteiger partial charge in [0.2, 0.25) is 0 Å². The zero-order valence-corrected chi connectivity index (χ0v) is 13.1. The summed E-state index contributed by atoms with van der Waals surface area (Å²) in [5, 5.41) is 0. The molecule has 1 nitrogen and oxygen atoms in total. The Morgan fingerprint density at radius 2 is 1.52 bits per heavy atom. The van der Waals surface area contributed by atoms with Crippen molar-refractivity contribution in [2.45, 2.75) is 52.8 Å². The highest BCUT2D eigenvalue weighted by Crippen LogP contribution is 2.40. The molecule has 0 aromatic heterocycles. The molecule has 0 saturated heterocycles. The number of hydrogen-bond acceptors (Lipinski definition) is 1. The second kappa shape index (κ2) is 7.75. The van der Waals surface area contributed by atoms with Crippen LogP contribution in [0.3, 0.4) is 0 Å². The van der Waals surface area contributed by atoms with Crippen LogP contribution in [0.4, 0.5) is 26.3 Å². The van der Waals surface area contributed by atoms with E-state index in [-0.39, 0.29) is 36.0 Å². The maximum atomic E-state index is 13.8. The molecule has 2 rings (SSSR count). The molecule has 0 aromatic carbocycles. The lowest BCUT2D eigenvalue weighted by Crippen LogP contribution is -2.15. The van der Waals surface area contributed by atoms with Crippen LogP contribution in [-0.4, -0.2) is 6.36 Å². The van der Waals surface area contributed by atoms with Gasteiger partial charge in [0, 0.05) is 6.42 Å². The van der Waals surface area contributed by atoms with Gasteiger partial charge >= 0.3 is 6.36 Å². The Labute approximate surface area is 131 Å². The van der Waals surface area contributed by atoms with Crippen molar-refractivity contribution in [3.63, 3.8) is 0 Å². The van der Waals surface area contributed by atoms with E-state index in [0.717, 1.165) is 6.08 Å². The number of ether oxygens (including phenoxy) is 1. The van der Waals surface area contributed by atoms with E-state index in [0.29, 0.717) is 6.42 Å². The number of rotatable bonds is 2. The van der Waals surface area contributed by atoms with Gasteiger partial charge in [-0.1, -0.05) is 13.8 Å². The van der Waals surface area contributed by atoms with Gasteiger partial charge in [0.1, 0.15) is 5.76 Å². The van der Waals surface area contributed by atoms with E-state index in [4.69, 9.17) is 0 Å². The summed E-state index contributed by atoms with van der Waals surface area (Å²) < 4.78 is 80.7. The standard InChI is InChI=1S/C14H12F6O.C2H6/c1-7-2-4-9(13(17)12(7)16)8-3-5-11(10(15)6-8)21-14(18,19)20;1-2/h6H,2-5H2,1H3;1-2H3. The van der Waals surface area contributed by atoms with Gasteiger partial charge in [-0.15, -0.1) is 13.2 Å². The van der Waals surface area contributed by atoms with E-state index >= 15 is 0 Å². The van der Waals surface area contributed by atoms with Crippen LogP contribution >= 0.6 is 0 Å². The first-order valence-electron chi connectivity index (χ1n) is 7.28. The normalized spacial score (nSPS) is 19.4. The van der Waals surface area contributed by atoms with Gasteiger partial charge in [-0.2, -0.15) is 0 Å². The summed E-state index contributed by atoms with van der Waals surface area (Å²) in [6.07, 6.45) is -4.08. The molecular formula is C16H18F6O. The van der Waals surface area contributed by atoms with Crippen LogP contribution in [0.5, 0.6) is 0 Å². The topological polar surface area (TPSA) is 9.23 Å². The summed E-state index contributed by atoms with van der Waals surface area (Å²) in [6.45, 7) is 5.46. The Bertz CT molecular complexity index is 578. The minimum Gasteiger partial charge on any atom is -0.407 e. The fourth-order valence-electron chi connectivity index (χ4n) is 2.30. The van der Waals surface area contributed by atoms with E-state index in [1.54, 1.807) is 0 Å². The average molecular weight is 340 g/mol. The predicted molar refractivity (Wildman–Crippen MR) is 75.1 cm³/mol. The van der Waals surface area contributed by atoms with Crippen molar-refractivity contribution >= 4 is 0 Å². The third-order valence-corrected chi connectivity index (χ3v) is 3.40. The maximum absolute atomic E-state index is 13.8. The van der Waals surface area contributed by atoms with E-state index in [9.17, 15) is 26.3 Å². The van der Waals surface area contributed by atoms with E-state index in [1.165, 1.54) is 6.92 Å². The lowest BCUT2D eigenvalue weighted by molar-refractivity contribution is -0.307. The van der Waals surface area contributed by atoms with Crippen molar-refractivity contribution in [2.75, 3.05) is 0 Å². The van der Waals surface area contributed by atoms with Crippen LogP contribution in [0.15, 0.2) is 46.0 Å². The van der Waals surface area contributed by atoms with Crippen LogP contribution in [-0.2, 0) is 4.74 Å². The number of halogens is 6. The first-order valence-corrected chi connectivity index (χ1v) is 7.28. The summed E-state index contributed by atoms with van der Waals surface area (Å²) in [7, 11) is 0.